The molecule has 3 aromatic heterocycles. The fourth-order valence-corrected chi connectivity index (χ4v) is 4.80. The van der Waals surface area contributed by atoms with E-state index in [9.17, 15) is 0 Å². The molecule has 0 bridgehead atoms. The minimum Gasteiger partial charge on any atom is -0.361 e. The molecule has 1 aliphatic heterocycles. The van der Waals surface area contributed by atoms with E-state index in [0.29, 0.717) is 0 Å². The fraction of sp³-hybridized carbons (Fsp3) is 0.192. The molecule has 5 aromatic rings. The fourth-order valence-electron chi connectivity index (χ4n) is 4.80. The molecule has 0 amide bonds. The Labute approximate surface area is 191 Å². The highest BCUT2D eigenvalue weighted by Crippen LogP contribution is 2.40. The zero-order chi connectivity index (χ0) is 22.7. The van der Waals surface area contributed by atoms with Crippen molar-refractivity contribution in [1.29, 1.82) is 0 Å². The van der Waals surface area contributed by atoms with Crippen LogP contribution < -0.4 is 5.43 Å². The van der Waals surface area contributed by atoms with Gasteiger partial charge in [-0.2, -0.15) is 0 Å². The van der Waals surface area contributed by atoms with Gasteiger partial charge in [-0.25, -0.2) is 10.4 Å². The molecular weight excluding hydrogens is 412 g/mol. The van der Waals surface area contributed by atoms with Crippen LogP contribution in [0, 0.1) is 20.8 Å². The lowest BCUT2D eigenvalue weighted by Crippen LogP contribution is -2.23. The maximum absolute atomic E-state index is 5.49. The first kappa shape index (κ1) is 19.7. The van der Waals surface area contributed by atoms with Crippen molar-refractivity contribution in [3.8, 4) is 22.3 Å². The molecular formula is C26H24N6O. The molecule has 4 heterocycles. The number of benzene rings is 2. The van der Waals surface area contributed by atoms with Crippen LogP contribution in [0.15, 0.2) is 53.3 Å². The summed E-state index contributed by atoms with van der Waals surface area (Å²) in [5, 5.41) is 7.25. The summed E-state index contributed by atoms with van der Waals surface area (Å²) in [5.41, 5.74) is 13.6. The predicted molar refractivity (Wildman–Crippen MR) is 130 cm³/mol. The molecule has 0 spiro atoms. The number of fused-ring (bicyclic) bond motifs is 2. The zero-order valence-corrected chi connectivity index (χ0v) is 19.0. The summed E-state index contributed by atoms with van der Waals surface area (Å²) in [7, 11) is 1.99. The Morgan fingerprint density at radius 2 is 1.94 bits per heavy atom. The van der Waals surface area contributed by atoms with Crippen molar-refractivity contribution in [2.75, 3.05) is 13.6 Å². The maximum Gasteiger partial charge on any atom is 0.141 e. The molecule has 6 rings (SSSR count). The second-order valence-electron chi connectivity index (χ2n) is 8.63. The van der Waals surface area contributed by atoms with Gasteiger partial charge in [0.2, 0.25) is 0 Å². The topological polar surface area (TPSA) is 82.9 Å². The third-order valence-electron chi connectivity index (χ3n) is 6.34. The van der Waals surface area contributed by atoms with E-state index < -0.39 is 0 Å². The van der Waals surface area contributed by atoms with Crippen molar-refractivity contribution in [3.05, 3.63) is 71.6 Å². The van der Waals surface area contributed by atoms with Crippen LogP contribution in [-0.4, -0.2) is 38.7 Å². The van der Waals surface area contributed by atoms with E-state index in [4.69, 9.17) is 9.51 Å². The van der Waals surface area contributed by atoms with Crippen LogP contribution in [0.2, 0.25) is 0 Å². The van der Waals surface area contributed by atoms with E-state index in [2.05, 4.69) is 64.0 Å². The number of nitrogens with one attached hydrogen (secondary N) is 2. The highest BCUT2D eigenvalue weighted by Gasteiger charge is 2.21. The second kappa shape index (κ2) is 7.28. The molecule has 0 aliphatic carbocycles. The molecule has 0 saturated carbocycles. The minimum absolute atomic E-state index is 0.736. The van der Waals surface area contributed by atoms with Gasteiger partial charge in [0, 0.05) is 48.1 Å². The SMILES string of the molecule is Cc1ccc2ncccc2c1-c1cc(-c2c(C)noc2C)cc2[nH]c(C3=CN(C)NC3)nc12. The van der Waals surface area contributed by atoms with E-state index in [1.54, 1.807) is 0 Å². The Balaban J connectivity index is 1.69. The smallest absolute Gasteiger partial charge is 0.141 e. The van der Waals surface area contributed by atoms with Crippen LogP contribution in [-0.2, 0) is 0 Å². The number of aromatic nitrogens is 4. The van der Waals surface area contributed by atoms with E-state index in [-0.39, 0.29) is 0 Å². The number of aryl methyl sites for hydroxylation is 3. The Hall–Kier alpha value is -3.97. The van der Waals surface area contributed by atoms with Gasteiger partial charge >= 0.3 is 0 Å². The largest absolute Gasteiger partial charge is 0.361 e. The van der Waals surface area contributed by atoms with Gasteiger partial charge < -0.3 is 14.5 Å². The summed E-state index contributed by atoms with van der Waals surface area (Å²) in [5.74, 6) is 1.67. The van der Waals surface area contributed by atoms with Gasteiger partial charge in [0.15, 0.2) is 0 Å². The van der Waals surface area contributed by atoms with E-state index in [1.165, 1.54) is 5.56 Å². The van der Waals surface area contributed by atoms with Gasteiger partial charge in [0.25, 0.3) is 0 Å². The summed E-state index contributed by atoms with van der Waals surface area (Å²) < 4.78 is 5.49. The van der Waals surface area contributed by atoms with Gasteiger partial charge in [0.1, 0.15) is 11.6 Å². The molecule has 0 radical (unpaired) electrons. The molecule has 2 N–H and O–H groups in total. The third kappa shape index (κ3) is 3.12. The summed E-state index contributed by atoms with van der Waals surface area (Å²) >= 11 is 0. The number of rotatable bonds is 3. The Kier molecular flexibility index (Phi) is 4.35. The van der Waals surface area contributed by atoms with Gasteiger partial charge in [0.05, 0.1) is 22.2 Å². The molecule has 33 heavy (non-hydrogen) atoms. The predicted octanol–water partition coefficient (Wildman–Crippen LogP) is 5.15. The summed E-state index contributed by atoms with van der Waals surface area (Å²) in [6, 6.07) is 12.7. The normalized spacial score (nSPS) is 13.9. The first-order valence-corrected chi connectivity index (χ1v) is 11.0. The molecule has 0 unspecified atom stereocenters. The number of hydrogen-bond donors (Lipinski definition) is 2. The number of imidazole rings is 1. The number of H-pyrrole nitrogens is 1. The standard InChI is InChI=1S/C26H24N6O/c1-14-7-8-21-19(6-5-9-27-21)23(14)20-10-17(24-15(2)31-33-16(24)3)11-22-25(20)30-26(29-22)18-12-28-32(4)13-18/h5-11,13,28H,12H2,1-4H3,(H,29,30). The van der Waals surface area contributed by atoms with Crippen LogP contribution in [0.1, 0.15) is 22.8 Å². The molecule has 0 atom stereocenters. The van der Waals surface area contributed by atoms with E-state index >= 15 is 0 Å². The molecule has 164 valence electrons. The van der Waals surface area contributed by atoms with Crippen LogP contribution in [0.4, 0.5) is 0 Å². The van der Waals surface area contributed by atoms with Gasteiger partial charge in [-0.3, -0.25) is 4.98 Å². The minimum atomic E-state index is 0.736. The highest BCUT2D eigenvalue weighted by atomic mass is 16.5. The van der Waals surface area contributed by atoms with Crippen molar-refractivity contribution in [2.45, 2.75) is 20.8 Å². The van der Waals surface area contributed by atoms with Gasteiger partial charge in [-0.15, -0.1) is 0 Å². The molecule has 7 heteroatoms. The average Bonchev–Trinajstić information content (AvgIpc) is 3.51. The van der Waals surface area contributed by atoms with Gasteiger partial charge in [-0.05, 0) is 61.7 Å². The zero-order valence-electron chi connectivity index (χ0n) is 19.0. The molecule has 0 saturated heterocycles. The monoisotopic (exact) mass is 436 g/mol. The third-order valence-corrected chi connectivity index (χ3v) is 6.34. The van der Waals surface area contributed by atoms with Crippen LogP contribution in [0.5, 0.6) is 0 Å². The van der Waals surface area contributed by atoms with Crippen LogP contribution >= 0.6 is 0 Å². The molecule has 7 nitrogen and oxygen atoms in total. The first-order chi connectivity index (χ1) is 16.0. The number of aromatic amines is 1. The average molecular weight is 437 g/mol. The first-order valence-electron chi connectivity index (χ1n) is 11.0. The summed E-state index contributed by atoms with van der Waals surface area (Å²) in [4.78, 5) is 13.2. The Bertz CT molecular complexity index is 1560. The quantitative estimate of drug-likeness (QED) is 0.407. The van der Waals surface area contributed by atoms with Crippen molar-refractivity contribution in [1.82, 2.24) is 30.5 Å². The van der Waals surface area contributed by atoms with Crippen molar-refractivity contribution >= 4 is 27.5 Å². The van der Waals surface area contributed by atoms with Crippen LogP contribution in [0.3, 0.4) is 0 Å². The van der Waals surface area contributed by atoms with Crippen molar-refractivity contribution < 1.29 is 4.52 Å². The number of nitrogens with zero attached hydrogens (tertiary/aromatic N) is 4. The Morgan fingerprint density at radius 1 is 1.06 bits per heavy atom. The van der Waals surface area contributed by atoms with Crippen LogP contribution in [0.25, 0.3) is 49.8 Å². The van der Waals surface area contributed by atoms with E-state index in [1.807, 2.05) is 38.2 Å². The number of pyridine rings is 1. The maximum atomic E-state index is 5.49. The summed E-state index contributed by atoms with van der Waals surface area (Å²) in [6.07, 6.45) is 3.90. The number of hydrogen-bond acceptors (Lipinski definition) is 6. The Morgan fingerprint density at radius 3 is 2.70 bits per heavy atom. The van der Waals surface area contributed by atoms with Gasteiger partial charge in [-0.1, -0.05) is 17.3 Å². The highest BCUT2D eigenvalue weighted by molar-refractivity contribution is 6.06. The lowest BCUT2D eigenvalue weighted by atomic mass is 9.92. The lowest BCUT2D eigenvalue weighted by molar-refractivity contribution is 0.374. The molecule has 1 aliphatic rings. The van der Waals surface area contributed by atoms with E-state index in [0.717, 1.165) is 73.6 Å². The lowest BCUT2D eigenvalue weighted by Gasteiger charge is -2.13. The van der Waals surface area contributed by atoms with Crippen molar-refractivity contribution in [3.63, 3.8) is 0 Å². The molecule has 2 aromatic carbocycles. The molecule has 0 fully saturated rings. The number of hydrazine groups is 1. The second-order valence-corrected chi connectivity index (χ2v) is 8.63. The summed E-state index contributed by atoms with van der Waals surface area (Å²) in [6.45, 7) is 6.81. The van der Waals surface area contributed by atoms with Crippen molar-refractivity contribution in [2.24, 2.45) is 0 Å².